The molecule has 28 heavy (non-hydrogen) atoms. The second-order valence-electron chi connectivity index (χ2n) is 6.11. The number of anilines is 1. The highest BCUT2D eigenvalue weighted by Gasteiger charge is 2.21. The summed E-state index contributed by atoms with van der Waals surface area (Å²) in [6.07, 6.45) is 0.715. The molecule has 2 heterocycles. The number of carbonyl (C=O) groups is 1. The number of ether oxygens (including phenoxy) is 1. The highest BCUT2D eigenvalue weighted by Crippen LogP contribution is 2.40. The maximum absolute atomic E-state index is 12.1. The number of H-pyrrole nitrogens is 1. The fraction of sp³-hybridized carbons (Fsp3) is 0.294. The predicted octanol–water partition coefficient (Wildman–Crippen LogP) is 1.79. The SMILES string of the molecule is COC(=O)c1sc2ccc3[nH]c(=O)ccc3c2c1NC[C@@H](C)N.CS(=O)(=O)O. The highest BCUT2D eigenvalue weighted by molar-refractivity contribution is 7.85. The molecule has 1 aromatic carbocycles. The average Bonchev–Trinajstić information content (AvgIpc) is 2.96. The van der Waals surface area contributed by atoms with Gasteiger partial charge in [-0.3, -0.25) is 9.35 Å². The number of carbonyl (C=O) groups excluding carboxylic acids is 1. The molecule has 0 aliphatic rings. The lowest BCUT2D eigenvalue weighted by atomic mass is 10.1. The topological polar surface area (TPSA) is 152 Å². The third-order valence-electron chi connectivity index (χ3n) is 3.53. The van der Waals surface area contributed by atoms with E-state index < -0.39 is 16.1 Å². The molecule has 0 amide bonds. The number of methoxy groups -OCH3 is 1. The Bertz CT molecular complexity index is 1160. The second-order valence-corrected chi connectivity index (χ2v) is 8.63. The van der Waals surface area contributed by atoms with Gasteiger partial charge in [0.05, 0.1) is 19.1 Å². The van der Waals surface area contributed by atoms with Crippen molar-refractivity contribution in [2.24, 2.45) is 5.73 Å². The summed E-state index contributed by atoms with van der Waals surface area (Å²) in [6.45, 7) is 2.41. The number of aromatic amines is 1. The molecular formula is C17H21N3O6S2. The number of thiophene rings is 1. The van der Waals surface area contributed by atoms with Crippen molar-refractivity contribution in [3.63, 3.8) is 0 Å². The summed E-state index contributed by atoms with van der Waals surface area (Å²) in [4.78, 5) is 26.9. The van der Waals surface area contributed by atoms with E-state index in [-0.39, 0.29) is 11.6 Å². The summed E-state index contributed by atoms with van der Waals surface area (Å²) in [6, 6.07) is 6.91. The summed E-state index contributed by atoms with van der Waals surface area (Å²) in [7, 11) is -2.31. The predicted molar refractivity (Wildman–Crippen MR) is 111 cm³/mol. The normalized spacial score (nSPS) is 12.3. The molecule has 0 aliphatic carbocycles. The molecule has 11 heteroatoms. The second kappa shape index (κ2) is 8.69. The summed E-state index contributed by atoms with van der Waals surface area (Å²) in [5, 5.41) is 5.02. The van der Waals surface area contributed by atoms with Gasteiger partial charge in [0, 0.05) is 39.6 Å². The van der Waals surface area contributed by atoms with Gasteiger partial charge >= 0.3 is 5.97 Å². The number of aromatic nitrogens is 1. The molecule has 2 aromatic heterocycles. The minimum absolute atomic E-state index is 0.0646. The Balaban J connectivity index is 0.000000500. The van der Waals surface area contributed by atoms with Gasteiger partial charge < -0.3 is 20.8 Å². The van der Waals surface area contributed by atoms with Gasteiger partial charge in [-0.05, 0) is 25.1 Å². The molecule has 152 valence electrons. The first-order valence-corrected chi connectivity index (χ1v) is 10.8. The van der Waals surface area contributed by atoms with Crippen LogP contribution in [-0.2, 0) is 14.9 Å². The van der Waals surface area contributed by atoms with Crippen molar-refractivity contribution in [3.8, 4) is 0 Å². The largest absolute Gasteiger partial charge is 0.465 e. The van der Waals surface area contributed by atoms with E-state index in [1.54, 1.807) is 6.07 Å². The van der Waals surface area contributed by atoms with E-state index in [2.05, 4.69) is 10.3 Å². The van der Waals surface area contributed by atoms with E-state index in [4.69, 9.17) is 15.0 Å². The van der Waals surface area contributed by atoms with Gasteiger partial charge in [0.25, 0.3) is 10.1 Å². The molecule has 0 spiro atoms. The quantitative estimate of drug-likeness (QED) is 0.363. The van der Waals surface area contributed by atoms with Crippen molar-refractivity contribution >= 4 is 54.1 Å². The Morgan fingerprint density at radius 2 is 2.00 bits per heavy atom. The third-order valence-corrected chi connectivity index (χ3v) is 4.66. The highest BCUT2D eigenvalue weighted by atomic mass is 32.2. The molecule has 0 saturated heterocycles. The number of hydrogen-bond acceptors (Lipinski definition) is 8. The van der Waals surface area contributed by atoms with Crippen LogP contribution in [0.2, 0.25) is 0 Å². The molecule has 1 atom stereocenters. The monoisotopic (exact) mass is 427 g/mol. The van der Waals surface area contributed by atoms with Crippen LogP contribution in [0.15, 0.2) is 29.1 Å². The van der Waals surface area contributed by atoms with Crippen molar-refractivity contribution < 1.29 is 22.5 Å². The fourth-order valence-corrected chi connectivity index (χ4v) is 3.61. The number of fused-ring (bicyclic) bond motifs is 3. The maximum atomic E-state index is 12.1. The molecule has 3 rings (SSSR count). The van der Waals surface area contributed by atoms with Gasteiger partial charge in [-0.2, -0.15) is 8.42 Å². The first-order valence-electron chi connectivity index (χ1n) is 8.10. The Morgan fingerprint density at radius 1 is 1.36 bits per heavy atom. The zero-order valence-corrected chi connectivity index (χ0v) is 17.1. The first kappa shape index (κ1) is 21.8. The van der Waals surface area contributed by atoms with E-state index >= 15 is 0 Å². The Labute approximate surface area is 165 Å². The van der Waals surface area contributed by atoms with Crippen LogP contribution in [0.5, 0.6) is 0 Å². The van der Waals surface area contributed by atoms with Gasteiger partial charge in [0.1, 0.15) is 4.88 Å². The summed E-state index contributed by atoms with van der Waals surface area (Å²) in [5.41, 5.74) is 7.09. The number of esters is 1. The van der Waals surface area contributed by atoms with Gasteiger partial charge in [0.2, 0.25) is 5.56 Å². The molecule has 0 bridgehead atoms. The summed E-state index contributed by atoms with van der Waals surface area (Å²) < 4.78 is 31.7. The molecule has 0 saturated carbocycles. The van der Waals surface area contributed by atoms with Gasteiger partial charge in [-0.1, -0.05) is 0 Å². The number of nitrogens with two attached hydrogens (primary N) is 1. The Kier molecular flexibility index (Phi) is 6.77. The van der Waals surface area contributed by atoms with Crippen LogP contribution in [-0.4, -0.2) is 49.9 Å². The first-order chi connectivity index (χ1) is 13.0. The molecule has 5 N–H and O–H groups in total. The van der Waals surface area contributed by atoms with Gasteiger partial charge in [0.15, 0.2) is 0 Å². The average molecular weight is 428 g/mol. The number of pyridine rings is 1. The van der Waals surface area contributed by atoms with Crippen molar-refractivity contribution in [2.75, 3.05) is 25.2 Å². The molecule has 3 aromatic rings. The standard InChI is InChI=1S/C16H17N3O3S.CH4O3S/c1-8(17)7-18-14-13-9-3-6-12(20)19-10(9)4-5-11(13)23-15(14)16(21)22-2;1-5(2,3)4/h3-6,8,18H,7,17H2,1-2H3,(H,19,20);1H3,(H,2,3,4)/t8-;/m1./s1. The van der Waals surface area contributed by atoms with Crippen LogP contribution in [0, 0.1) is 0 Å². The molecular weight excluding hydrogens is 406 g/mol. The number of hydrogen-bond donors (Lipinski definition) is 4. The van der Waals surface area contributed by atoms with Crippen LogP contribution in [0.4, 0.5) is 5.69 Å². The van der Waals surface area contributed by atoms with E-state index in [0.29, 0.717) is 23.4 Å². The molecule has 0 radical (unpaired) electrons. The maximum Gasteiger partial charge on any atom is 0.350 e. The lowest BCUT2D eigenvalue weighted by molar-refractivity contribution is 0.0607. The van der Waals surface area contributed by atoms with Crippen molar-refractivity contribution in [1.29, 1.82) is 0 Å². The molecule has 9 nitrogen and oxygen atoms in total. The van der Waals surface area contributed by atoms with Crippen LogP contribution < -0.4 is 16.6 Å². The molecule has 0 aliphatic heterocycles. The van der Waals surface area contributed by atoms with E-state index in [1.165, 1.54) is 24.5 Å². The third kappa shape index (κ3) is 5.52. The van der Waals surface area contributed by atoms with Crippen molar-refractivity contribution in [3.05, 3.63) is 39.5 Å². The van der Waals surface area contributed by atoms with Crippen LogP contribution in [0.25, 0.3) is 21.0 Å². The number of rotatable bonds is 4. The summed E-state index contributed by atoms with van der Waals surface area (Å²) in [5.74, 6) is -0.393. The van der Waals surface area contributed by atoms with Crippen LogP contribution >= 0.6 is 11.3 Å². The van der Waals surface area contributed by atoms with E-state index in [9.17, 15) is 18.0 Å². The molecule has 0 unspecified atom stereocenters. The van der Waals surface area contributed by atoms with E-state index in [0.717, 1.165) is 21.0 Å². The van der Waals surface area contributed by atoms with Crippen LogP contribution in [0.3, 0.4) is 0 Å². The Hall–Kier alpha value is -2.47. The van der Waals surface area contributed by atoms with Crippen LogP contribution in [0.1, 0.15) is 16.6 Å². The number of nitrogens with one attached hydrogen (secondary N) is 2. The van der Waals surface area contributed by atoms with Gasteiger partial charge in [-0.15, -0.1) is 11.3 Å². The van der Waals surface area contributed by atoms with E-state index in [1.807, 2.05) is 19.1 Å². The summed E-state index contributed by atoms with van der Waals surface area (Å²) >= 11 is 1.36. The minimum atomic E-state index is -3.67. The lowest BCUT2D eigenvalue weighted by Crippen LogP contribution is -2.25. The zero-order chi connectivity index (χ0) is 21.1. The van der Waals surface area contributed by atoms with Crippen molar-refractivity contribution in [1.82, 2.24) is 4.98 Å². The zero-order valence-electron chi connectivity index (χ0n) is 15.5. The van der Waals surface area contributed by atoms with Gasteiger partial charge in [-0.25, -0.2) is 4.79 Å². The van der Waals surface area contributed by atoms with Crippen molar-refractivity contribution in [2.45, 2.75) is 13.0 Å². The molecule has 0 fully saturated rings. The fourth-order valence-electron chi connectivity index (χ4n) is 2.50. The minimum Gasteiger partial charge on any atom is -0.465 e. The smallest absolute Gasteiger partial charge is 0.350 e. The lowest BCUT2D eigenvalue weighted by Gasteiger charge is -2.11. The Morgan fingerprint density at radius 3 is 2.57 bits per heavy atom. The number of benzene rings is 1.